The van der Waals surface area contributed by atoms with Gasteiger partial charge in [-0.25, -0.2) is 4.98 Å². The first kappa shape index (κ1) is 17.7. The molecular weight excluding hydrogens is 364 g/mol. The van der Waals surface area contributed by atoms with E-state index in [1.165, 1.54) is 11.3 Å². The molecule has 8 heteroatoms. The number of thiazole rings is 1. The molecule has 1 aromatic carbocycles. The van der Waals surface area contributed by atoms with E-state index in [1.54, 1.807) is 29.8 Å². The van der Waals surface area contributed by atoms with Crippen LogP contribution < -0.4 is 10.3 Å². The molecule has 0 N–H and O–H groups in total. The van der Waals surface area contributed by atoms with Crippen molar-refractivity contribution in [3.05, 3.63) is 63.5 Å². The van der Waals surface area contributed by atoms with Crippen molar-refractivity contribution in [1.29, 1.82) is 0 Å². The Balaban J connectivity index is 1.39. The van der Waals surface area contributed by atoms with E-state index in [0.29, 0.717) is 35.9 Å². The molecular formula is C19H20N4O3S. The quantitative estimate of drug-likeness (QED) is 0.685. The van der Waals surface area contributed by atoms with Crippen LogP contribution in [0.3, 0.4) is 0 Å². The Kier molecular flexibility index (Phi) is 4.91. The smallest absolute Gasteiger partial charge is 0.258 e. The topological polar surface area (TPSA) is 67.2 Å². The van der Waals surface area contributed by atoms with Crippen molar-refractivity contribution >= 4 is 22.2 Å². The predicted molar refractivity (Wildman–Crippen MR) is 104 cm³/mol. The van der Waals surface area contributed by atoms with Crippen molar-refractivity contribution in [3.63, 3.8) is 0 Å². The molecule has 1 aliphatic heterocycles. The zero-order valence-electron chi connectivity index (χ0n) is 15.0. The number of benzene rings is 1. The van der Waals surface area contributed by atoms with E-state index in [0.717, 1.165) is 18.8 Å². The highest BCUT2D eigenvalue weighted by Gasteiger charge is 2.23. The van der Waals surface area contributed by atoms with Gasteiger partial charge in [-0.05, 0) is 18.2 Å². The summed E-state index contributed by atoms with van der Waals surface area (Å²) in [7, 11) is 1.59. The van der Waals surface area contributed by atoms with E-state index < -0.39 is 0 Å². The first-order chi connectivity index (χ1) is 13.1. The Bertz CT molecular complexity index is 1020. The summed E-state index contributed by atoms with van der Waals surface area (Å²) in [6.07, 6.45) is 1.74. The Morgan fingerprint density at radius 2 is 2.04 bits per heavy atom. The summed E-state index contributed by atoms with van der Waals surface area (Å²) in [5, 5.41) is 1.86. The number of rotatable bonds is 4. The lowest BCUT2D eigenvalue weighted by molar-refractivity contribution is 0.0626. The fourth-order valence-electron chi connectivity index (χ4n) is 3.25. The number of aromatic nitrogens is 2. The first-order valence-electron chi connectivity index (χ1n) is 8.75. The monoisotopic (exact) mass is 384 g/mol. The molecule has 140 valence electrons. The summed E-state index contributed by atoms with van der Waals surface area (Å²) in [6.45, 7) is 3.42. The third-order valence-electron chi connectivity index (χ3n) is 4.72. The Labute approximate surface area is 160 Å². The average Bonchev–Trinajstić information content (AvgIpc) is 3.17. The maximum atomic E-state index is 12.7. The van der Waals surface area contributed by atoms with Crippen molar-refractivity contribution < 1.29 is 9.53 Å². The first-order valence-corrected chi connectivity index (χ1v) is 9.63. The number of carbonyl (C=O) groups excluding carboxylic acids is 1. The van der Waals surface area contributed by atoms with Crippen LogP contribution in [0.5, 0.6) is 5.75 Å². The number of fused-ring (bicyclic) bond motifs is 1. The van der Waals surface area contributed by atoms with Crippen LogP contribution in [0.25, 0.3) is 4.96 Å². The molecule has 0 aliphatic carbocycles. The number of hydrogen-bond acceptors (Lipinski definition) is 6. The lowest BCUT2D eigenvalue weighted by atomic mass is 10.1. The molecule has 3 heterocycles. The largest absolute Gasteiger partial charge is 0.497 e. The SMILES string of the molecule is COc1cccc(C(=O)N2CCN(Cc3cc(=O)n4ccsc4n3)CC2)c1. The fraction of sp³-hybridized carbons (Fsp3) is 0.316. The van der Waals surface area contributed by atoms with Crippen molar-refractivity contribution in [2.24, 2.45) is 0 Å². The van der Waals surface area contributed by atoms with Crippen molar-refractivity contribution in [3.8, 4) is 5.75 Å². The Morgan fingerprint density at radius 3 is 2.81 bits per heavy atom. The van der Waals surface area contributed by atoms with Crippen LogP contribution in [-0.2, 0) is 6.54 Å². The van der Waals surface area contributed by atoms with E-state index in [-0.39, 0.29) is 11.5 Å². The van der Waals surface area contributed by atoms with Gasteiger partial charge in [0, 0.05) is 55.9 Å². The number of amides is 1. The van der Waals surface area contributed by atoms with E-state index in [1.807, 2.05) is 28.5 Å². The number of methoxy groups -OCH3 is 1. The number of ether oxygens (including phenoxy) is 1. The van der Waals surface area contributed by atoms with Gasteiger partial charge >= 0.3 is 0 Å². The molecule has 7 nitrogen and oxygen atoms in total. The highest BCUT2D eigenvalue weighted by molar-refractivity contribution is 7.15. The number of carbonyl (C=O) groups is 1. The van der Waals surface area contributed by atoms with Crippen LogP contribution in [0, 0.1) is 0 Å². The summed E-state index contributed by atoms with van der Waals surface area (Å²) in [6, 6.07) is 8.82. The van der Waals surface area contributed by atoms with Crippen LogP contribution in [0.4, 0.5) is 0 Å². The van der Waals surface area contributed by atoms with Crippen molar-refractivity contribution in [2.75, 3.05) is 33.3 Å². The van der Waals surface area contributed by atoms with E-state index >= 15 is 0 Å². The van der Waals surface area contributed by atoms with Gasteiger partial charge in [-0.1, -0.05) is 6.07 Å². The highest BCUT2D eigenvalue weighted by atomic mass is 32.1. The van der Waals surface area contributed by atoms with E-state index in [4.69, 9.17) is 4.74 Å². The predicted octanol–water partition coefficient (Wildman–Crippen LogP) is 1.72. The van der Waals surface area contributed by atoms with Crippen LogP contribution in [0.15, 0.2) is 46.7 Å². The number of hydrogen-bond donors (Lipinski definition) is 0. The summed E-state index contributed by atoms with van der Waals surface area (Å²) >= 11 is 1.45. The van der Waals surface area contributed by atoms with Gasteiger partial charge in [0.15, 0.2) is 4.96 Å². The second kappa shape index (κ2) is 7.50. The highest BCUT2D eigenvalue weighted by Crippen LogP contribution is 2.16. The third kappa shape index (κ3) is 3.72. The summed E-state index contributed by atoms with van der Waals surface area (Å²) in [5.74, 6) is 0.700. The molecule has 0 atom stereocenters. The summed E-state index contributed by atoms with van der Waals surface area (Å²) < 4.78 is 6.75. The molecule has 0 spiro atoms. The van der Waals surface area contributed by atoms with Crippen LogP contribution in [0.1, 0.15) is 16.1 Å². The molecule has 0 unspecified atom stereocenters. The maximum absolute atomic E-state index is 12.7. The Morgan fingerprint density at radius 1 is 1.22 bits per heavy atom. The molecule has 4 rings (SSSR count). The lowest BCUT2D eigenvalue weighted by Crippen LogP contribution is -2.48. The second-order valence-electron chi connectivity index (χ2n) is 6.44. The van der Waals surface area contributed by atoms with Gasteiger partial charge in [0.25, 0.3) is 11.5 Å². The minimum Gasteiger partial charge on any atom is -0.497 e. The van der Waals surface area contributed by atoms with E-state index in [2.05, 4.69) is 9.88 Å². The molecule has 1 amide bonds. The zero-order valence-corrected chi connectivity index (χ0v) is 15.8. The summed E-state index contributed by atoms with van der Waals surface area (Å²) in [4.78, 5) is 34.1. The van der Waals surface area contributed by atoms with Crippen LogP contribution >= 0.6 is 11.3 Å². The molecule has 27 heavy (non-hydrogen) atoms. The zero-order chi connectivity index (χ0) is 18.8. The summed E-state index contributed by atoms with van der Waals surface area (Å²) in [5.41, 5.74) is 1.36. The third-order valence-corrected chi connectivity index (χ3v) is 5.47. The van der Waals surface area contributed by atoms with Gasteiger partial charge in [0.1, 0.15) is 5.75 Å². The molecule has 1 aliphatic rings. The van der Waals surface area contributed by atoms with Gasteiger partial charge in [0.2, 0.25) is 0 Å². The number of piperazine rings is 1. The molecule has 1 saturated heterocycles. The van der Waals surface area contributed by atoms with Gasteiger partial charge in [-0.2, -0.15) is 0 Å². The van der Waals surface area contributed by atoms with Crippen LogP contribution in [0.2, 0.25) is 0 Å². The van der Waals surface area contributed by atoms with Gasteiger partial charge in [-0.15, -0.1) is 11.3 Å². The molecule has 2 aromatic heterocycles. The van der Waals surface area contributed by atoms with Gasteiger partial charge in [0.05, 0.1) is 12.8 Å². The minimum absolute atomic E-state index is 0.0184. The standard InChI is InChI=1S/C19H20N4O3S/c1-26-16-4-2-3-14(11-16)18(25)22-7-5-21(6-8-22)13-15-12-17(24)23-9-10-27-19(23)20-15/h2-4,9-12H,5-8,13H2,1H3. The molecule has 0 bridgehead atoms. The van der Waals surface area contributed by atoms with E-state index in [9.17, 15) is 9.59 Å². The molecule has 3 aromatic rings. The molecule has 0 radical (unpaired) electrons. The Hall–Kier alpha value is -2.71. The van der Waals surface area contributed by atoms with Gasteiger partial charge < -0.3 is 9.64 Å². The van der Waals surface area contributed by atoms with Gasteiger partial charge in [-0.3, -0.25) is 18.9 Å². The van der Waals surface area contributed by atoms with Crippen molar-refractivity contribution in [2.45, 2.75) is 6.54 Å². The maximum Gasteiger partial charge on any atom is 0.258 e. The van der Waals surface area contributed by atoms with Crippen molar-refractivity contribution in [1.82, 2.24) is 19.2 Å². The molecule has 1 fully saturated rings. The number of nitrogens with zero attached hydrogens (tertiary/aromatic N) is 4. The normalized spacial score (nSPS) is 15.2. The second-order valence-corrected chi connectivity index (χ2v) is 7.31. The lowest BCUT2D eigenvalue weighted by Gasteiger charge is -2.34. The molecule has 0 saturated carbocycles. The minimum atomic E-state index is -0.0527. The average molecular weight is 384 g/mol. The fourth-order valence-corrected chi connectivity index (χ4v) is 3.98. The van der Waals surface area contributed by atoms with Crippen LogP contribution in [-0.4, -0.2) is 58.4 Å².